The number of aromatic nitrogens is 3. The van der Waals surface area contributed by atoms with E-state index in [2.05, 4.69) is 21.8 Å². The van der Waals surface area contributed by atoms with Crippen LogP contribution in [0.25, 0.3) is 22.2 Å². The van der Waals surface area contributed by atoms with E-state index in [0.29, 0.717) is 44.6 Å². The van der Waals surface area contributed by atoms with Gasteiger partial charge in [-0.3, -0.25) is 0 Å². The maximum Gasteiger partial charge on any atom is 0.342 e. The van der Waals surface area contributed by atoms with Crippen molar-refractivity contribution in [3.8, 4) is 11.3 Å². The highest BCUT2D eigenvalue weighted by Gasteiger charge is 2.23. The van der Waals surface area contributed by atoms with Crippen LogP contribution in [0.4, 0.5) is 5.95 Å². The molecule has 0 saturated carbocycles. The van der Waals surface area contributed by atoms with Gasteiger partial charge in [-0.05, 0) is 47.0 Å². The Morgan fingerprint density at radius 1 is 1.24 bits per heavy atom. The number of allylic oxidation sites excluding steroid dienone is 2. The third-order valence-corrected chi connectivity index (χ3v) is 6.76. The van der Waals surface area contributed by atoms with Crippen molar-refractivity contribution < 1.29 is 19.1 Å². The molecule has 1 aromatic carbocycles. The van der Waals surface area contributed by atoms with Gasteiger partial charge in [0.1, 0.15) is 23.9 Å². The molecule has 0 radical (unpaired) electrons. The van der Waals surface area contributed by atoms with Crippen LogP contribution < -0.4 is 15.9 Å². The van der Waals surface area contributed by atoms with Crippen LogP contribution >= 0.6 is 11.6 Å². The zero-order valence-corrected chi connectivity index (χ0v) is 26.2. The summed E-state index contributed by atoms with van der Waals surface area (Å²) in [4.78, 5) is 31.9. The van der Waals surface area contributed by atoms with Crippen LogP contribution in [-0.2, 0) is 9.47 Å². The second-order valence-corrected chi connectivity index (χ2v) is 10.6. The third-order valence-electron chi connectivity index (χ3n) is 6.46. The minimum absolute atomic E-state index is 0.185. The monoisotopic (exact) mass is 597 g/mol. The fourth-order valence-corrected chi connectivity index (χ4v) is 4.27. The Balaban J connectivity index is 2.11. The minimum Gasteiger partial charge on any atom is -0.499 e. The lowest BCUT2D eigenvalue weighted by atomic mass is 10.1. The number of halogens is 1. The maximum absolute atomic E-state index is 13.1. The van der Waals surface area contributed by atoms with E-state index in [4.69, 9.17) is 36.6 Å². The second kappa shape index (κ2) is 14.1. The predicted octanol–water partition coefficient (Wildman–Crippen LogP) is 4.51. The van der Waals surface area contributed by atoms with E-state index in [1.54, 1.807) is 46.2 Å². The van der Waals surface area contributed by atoms with E-state index in [0.717, 1.165) is 18.5 Å². The molecule has 2 heterocycles. The highest BCUT2D eigenvalue weighted by molar-refractivity contribution is 6.35. The first-order valence-electron chi connectivity index (χ1n) is 13.3. The first-order chi connectivity index (χ1) is 19.9. The number of nitrogens with zero attached hydrogens (tertiary/aromatic N) is 5. The number of rotatable bonds is 13. The minimum atomic E-state index is -0.558. The van der Waals surface area contributed by atoms with E-state index in [1.807, 2.05) is 38.2 Å². The zero-order chi connectivity index (χ0) is 31.1. The topological polar surface area (TPSA) is 120 Å². The number of fused-ring (bicyclic) bond motifs is 1. The number of likely N-dealkylation sites (N-methyl/N-ethyl adjacent to an activating group) is 2. The third kappa shape index (κ3) is 7.54. The van der Waals surface area contributed by atoms with Crippen LogP contribution in [0.5, 0.6) is 0 Å². The number of hydrogen-bond donors (Lipinski definition) is 2. The molecule has 0 atom stereocenters. The number of anilines is 1. The molecule has 11 nitrogen and oxygen atoms in total. The van der Waals surface area contributed by atoms with Crippen molar-refractivity contribution in [3.63, 3.8) is 0 Å². The summed E-state index contributed by atoms with van der Waals surface area (Å²) < 4.78 is 12.6. The van der Waals surface area contributed by atoms with Crippen LogP contribution in [-0.4, -0.2) is 85.0 Å². The molecule has 0 spiro atoms. The number of para-hydroxylation sites is 1. The van der Waals surface area contributed by atoms with E-state index in [1.165, 1.54) is 18.0 Å². The Kier molecular flexibility index (Phi) is 10.8. The van der Waals surface area contributed by atoms with E-state index in [9.17, 15) is 4.79 Å². The summed E-state index contributed by atoms with van der Waals surface area (Å²) in [6.45, 7) is 11.1. The normalized spacial score (nSPS) is 12.4. The molecule has 3 N–H and O–H groups in total. The first kappa shape index (κ1) is 32.3. The highest BCUT2D eigenvalue weighted by atomic mass is 35.5. The van der Waals surface area contributed by atoms with Crippen LogP contribution in [0.2, 0.25) is 5.02 Å². The van der Waals surface area contributed by atoms with Gasteiger partial charge in [-0.25, -0.2) is 14.8 Å². The molecular weight excluding hydrogens is 558 g/mol. The average molecular weight is 598 g/mol. The molecule has 3 rings (SSSR count). The highest BCUT2D eigenvalue weighted by Crippen LogP contribution is 2.35. The Hall–Kier alpha value is -4.22. The number of nitrogens with one attached hydrogen (secondary N) is 1. The van der Waals surface area contributed by atoms with Crippen LogP contribution in [0, 0.1) is 0 Å². The van der Waals surface area contributed by atoms with E-state index < -0.39 is 5.97 Å². The van der Waals surface area contributed by atoms with Crippen molar-refractivity contribution >= 4 is 34.4 Å². The zero-order valence-electron chi connectivity index (χ0n) is 25.5. The van der Waals surface area contributed by atoms with Crippen molar-refractivity contribution in [1.29, 1.82) is 0 Å². The SMILES string of the molecule is C=C(/C(N)=C\C(Nc1ncc(C(=O)OC(C)C)c(-c2cn(OC)c3c(Cl)cccc23)n1)=C(/C)OC)N(C)CCN(C)C. The molecule has 2 aromatic heterocycles. The largest absolute Gasteiger partial charge is 0.499 e. The van der Waals surface area contributed by atoms with Gasteiger partial charge < -0.3 is 35.2 Å². The molecule has 0 amide bonds. The van der Waals surface area contributed by atoms with Gasteiger partial charge in [-0.15, -0.1) is 0 Å². The number of esters is 1. The summed E-state index contributed by atoms with van der Waals surface area (Å²) in [6.07, 6.45) is 4.52. The number of methoxy groups -OCH3 is 1. The molecule has 0 fully saturated rings. The Labute approximate surface area is 252 Å². The van der Waals surface area contributed by atoms with Gasteiger partial charge in [0.05, 0.1) is 47.2 Å². The fraction of sp³-hybridized carbons (Fsp3) is 0.367. The Bertz CT molecular complexity index is 1510. The van der Waals surface area contributed by atoms with Gasteiger partial charge in [0.25, 0.3) is 0 Å². The molecule has 0 aliphatic rings. The molecule has 0 unspecified atom stereocenters. The Morgan fingerprint density at radius 3 is 2.57 bits per heavy atom. The summed E-state index contributed by atoms with van der Waals surface area (Å²) in [5.41, 5.74) is 9.81. The number of carbonyl (C=O) groups excluding carboxylic acids is 1. The van der Waals surface area contributed by atoms with Crippen molar-refractivity contribution in [2.75, 3.05) is 53.8 Å². The van der Waals surface area contributed by atoms with E-state index >= 15 is 0 Å². The van der Waals surface area contributed by atoms with Gasteiger partial charge in [-0.1, -0.05) is 30.3 Å². The van der Waals surface area contributed by atoms with Crippen molar-refractivity contribution in [2.45, 2.75) is 26.9 Å². The summed E-state index contributed by atoms with van der Waals surface area (Å²) in [5, 5.41) is 4.41. The number of nitrogens with two attached hydrogens (primary N) is 1. The summed E-state index contributed by atoms with van der Waals surface area (Å²) in [5.74, 6) is 0.184. The average Bonchev–Trinajstić information content (AvgIpc) is 3.34. The molecule has 226 valence electrons. The molecular formula is C30H40ClN7O4. The number of hydrogen-bond acceptors (Lipinski definition) is 10. The lowest BCUT2D eigenvalue weighted by Crippen LogP contribution is -2.29. The summed E-state index contributed by atoms with van der Waals surface area (Å²) >= 11 is 6.51. The molecule has 0 bridgehead atoms. The van der Waals surface area contributed by atoms with Gasteiger partial charge in [0.2, 0.25) is 5.95 Å². The van der Waals surface area contributed by atoms with Crippen molar-refractivity contribution in [2.24, 2.45) is 5.73 Å². The summed E-state index contributed by atoms with van der Waals surface area (Å²) in [6, 6.07) is 5.46. The smallest absolute Gasteiger partial charge is 0.342 e. The van der Waals surface area contributed by atoms with Gasteiger partial charge in [0, 0.05) is 37.3 Å². The predicted molar refractivity (Wildman–Crippen MR) is 167 cm³/mol. The second-order valence-electron chi connectivity index (χ2n) is 10.2. The molecule has 42 heavy (non-hydrogen) atoms. The van der Waals surface area contributed by atoms with Gasteiger partial charge in [0.15, 0.2) is 0 Å². The molecule has 3 aromatic rings. The van der Waals surface area contributed by atoms with E-state index in [-0.39, 0.29) is 17.6 Å². The Morgan fingerprint density at radius 2 is 1.95 bits per heavy atom. The molecule has 0 aliphatic carbocycles. The van der Waals surface area contributed by atoms with Crippen LogP contribution in [0.15, 0.2) is 66.1 Å². The summed E-state index contributed by atoms with van der Waals surface area (Å²) in [7, 11) is 9.03. The number of carbonyl (C=O) groups is 1. The first-order valence-corrected chi connectivity index (χ1v) is 13.7. The van der Waals surface area contributed by atoms with Gasteiger partial charge >= 0.3 is 5.97 Å². The van der Waals surface area contributed by atoms with Crippen molar-refractivity contribution in [3.05, 3.63) is 76.7 Å². The standard InChI is InChI=1S/C30H40ClN7O4/c1-18(2)42-29(39)22-16-33-30(35-27(22)23-17-38(41-9)28-21(23)11-10-12-24(28)31)34-26(20(4)40-8)15-25(32)19(3)37(7)14-13-36(5)6/h10-12,15-18H,3,13-14,32H2,1-2,4-9H3,(H,33,34,35)/b25-15+,26-20-. The maximum atomic E-state index is 13.1. The van der Waals surface area contributed by atoms with Crippen LogP contribution in [0.3, 0.4) is 0 Å². The lowest BCUT2D eigenvalue weighted by molar-refractivity contribution is 0.0378. The molecule has 0 aliphatic heterocycles. The molecule has 0 saturated heterocycles. The van der Waals surface area contributed by atoms with Crippen molar-refractivity contribution in [1.82, 2.24) is 24.5 Å². The number of benzene rings is 1. The lowest BCUT2D eigenvalue weighted by Gasteiger charge is -2.24. The molecule has 12 heteroatoms. The fourth-order valence-electron chi connectivity index (χ4n) is 4.02. The quantitative estimate of drug-likeness (QED) is 0.165. The number of ether oxygens (including phenoxy) is 2. The van der Waals surface area contributed by atoms with Gasteiger partial charge in [-0.2, -0.15) is 4.73 Å². The van der Waals surface area contributed by atoms with Crippen LogP contribution in [0.1, 0.15) is 31.1 Å².